The van der Waals surface area contributed by atoms with Crippen LogP contribution in [0.4, 0.5) is 14.4 Å². The van der Waals surface area contributed by atoms with Gasteiger partial charge in [-0.1, -0.05) is 74.4 Å². The van der Waals surface area contributed by atoms with Gasteiger partial charge < -0.3 is 30.6 Å². The summed E-state index contributed by atoms with van der Waals surface area (Å²) in [5.74, 6) is -0.00520. The second kappa shape index (κ2) is 13.7. The van der Waals surface area contributed by atoms with Gasteiger partial charge in [0.05, 0.1) is 11.1 Å². The fourth-order valence-electron chi connectivity index (χ4n) is 8.96. The average molecular weight is 658 g/mol. The van der Waals surface area contributed by atoms with Crippen molar-refractivity contribution in [1.29, 1.82) is 0 Å². The van der Waals surface area contributed by atoms with Gasteiger partial charge in [-0.15, -0.1) is 0 Å². The van der Waals surface area contributed by atoms with Gasteiger partial charge >= 0.3 is 18.3 Å². The molecule has 0 aliphatic carbocycles. The van der Waals surface area contributed by atoms with E-state index in [2.05, 4.69) is 10.3 Å². The molecular formula is C35H55N5O7. The third-order valence-corrected chi connectivity index (χ3v) is 10.00. The number of carboxylic acid groups (broad SMARTS) is 3. The molecule has 2 heterocycles. The number of benzene rings is 1. The first-order valence-corrected chi connectivity index (χ1v) is 16.4. The van der Waals surface area contributed by atoms with Gasteiger partial charge in [0, 0.05) is 44.3 Å². The van der Waals surface area contributed by atoms with Crippen LogP contribution in [-0.2, 0) is 6.42 Å². The van der Waals surface area contributed by atoms with Gasteiger partial charge in [0.25, 0.3) is 0 Å². The molecule has 1 saturated heterocycles. The van der Waals surface area contributed by atoms with Crippen molar-refractivity contribution in [3.05, 3.63) is 36.0 Å². The lowest BCUT2D eigenvalue weighted by atomic mass is 9.43. The number of aromatic hydroxyl groups is 1. The topological polar surface area (TPSA) is 167 Å². The van der Waals surface area contributed by atoms with E-state index in [9.17, 15) is 34.8 Å². The Morgan fingerprint density at radius 1 is 0.766 bits per heavy atom. The van der Waals surface area contributed by atoms with Crippen LogP contribution in [0.25, 0.3) is 10.9 Å². The van der Waals surface area contributed by atoms with Crippen LogP contribution in [0.1, 0.15) is 80.7 Å². The minimum absolute atomic E-state index is 0.00520. The molecule has 0 spiro atoms. The maximum absolute atomic E-state index is 13.8. The molecule has 2 aromatic rings. The van der Waals surface area contributed by atoms with E-state index in [0.29, 0.717) is 30.4 Å². The number of nitrogens with zero attached hydrogens (tertiary/aromatic N) is 4. The first-order chi connectivity index (χ1) is 21.6. The summed E-state index contributed by atoms with van der Waals surface area (Å²) in [7, 11) is 0. The van der Waals surface area contributed by atoms with Crippen molar-refractivity contribution >= 4 is 29.2 Å². The molecule has 0 saturated carbocycles. The molecule has 1 aliphatic heterocycles. The van der Waals surface area contributed by atoms with Gasteiger partial charge in [-0.05, 0) is 59.7 Å². The molecule has 12 nitrogen and oxygen atoms in total. The molecule has 3 rings (SSSR count). The molecule has 1 aromatic heterocycles. The molecule has 1 aromatic carbocycles. The lowest BCUT2D eigenvalue weighted by Gasteiger charge is -2.72. The molecule has 5 N–H and O–H groups in total. The standard InChI is InChI=1S/C35H55N5O7/c1-31(2,3)34(23-24-14-15-26(41)27-25(24)13-10-17-37-27)35(32(4,5)6,33(7,8)9)40(30(46)47)21-12-19-38(28(42)43)22-18-36-16-11-20-39(34)29(44)45/h10,13-15,17,36,41H,11-12,16,18-23H2,1-9H3,(H,42,43)(H,44,45)(H,46,47). The minimum atomic E-state index is -1.43. The Kier molecular flexibility index (Phi) is 11.0. The molecule has 12 heteroatoms. The van der Waals surface area contributed by atoms with Crippen LogP contribution in [0.5, 0.6) is 5.75 Å². The number of hydrogen-bond acceptors (Lipinski definition) is 6. The lowest BCUT2D eigenvalue weighted by Crippen LogP contribution is -2.85. The lowest BCUT2D eigenvalue weighted by molar-refractivity contribution is -0.203. The Morgan fingerprint density at radius 2 is 1.36 bits per heavy atom. The summed E-state index contributed by atoms with van der Waals surface area (Å²) in [6.07, 6.45) is -1.12. The summed E-state index contributed by atoms with van der Waals surface area (Å²) in [5, 5.41) is 47.1. The van der Waals surface area contributed by atoms with E-state index in [1.54, 1.807) is 24.4 Å². The number of phenolic OH excluding ortho intramolecular Hbond substituents is 1. The summed E-state index contributed by atoms with van der Waals surface area (Å²) in [4.78, 5) is 48.4. The summed E-state index contributed by atoms with van der Waals surface area (Å²) in [6, 6.07) is 6.95. The van der Waals surface area contributed by atoms with Crippen LogP contribution in [-0.4, -0.2) is 109 Å². The Labute approximate surface area is 278 Å². The van der Waals surface area contributed by atoms with Crippen LogP contribution in [0.3, 0.4) is 0 Å². The van der Waals surface area contributed by atoms with Crippen LogP contribution in [0, 0.1) is 16.2 Å². The maximum atomic E-state index is 13.8. The van der Waals surface area contributed by atoms with Gasteiger partial charge in [0.15, 0.2) is 0 Å². The van der Waals surface area contributed by atoms with E-state index in [0.717, 1.165) is 5.56 Å². The van der Waals surface area contributed by atoms with Crippen molar-refractivity contribution in [2.45, 2.75) is 92.7 Å². The quantitative estimate of drug-likeness (QED) is 0.245. The smallest absolute Gasteiger partial charge is 0.407 e. The zero-order valence-corrected chi connectivity index (χ0v) is 29.6. The molecular weight excluding hydrogens is 602 g/mol. The van der Waals surface area contributed by atoms with Crippen molar-refractivity contribution in [2.75, 3.05) is 39.3 Å². The highest BCUT2D eigenvalue weighted by Crippen LogP contribution is 2.63. The highest BCUT2D eigenvalue weighted by atomic mass is 16.4. The van der Waals surface area contributed by atoms with Crippen LogP contribution >= 0.6 is 0 Å². The fourth-order valence-corrected chi connectivity index (χ4v) is 8.96. The van der Waals surface area contributed by atoms with E-state index >= 15 is 0 Å². The minimum Gasteiger partial charge on any atom is -0.506 e. The third kappa shape index (κ3) is 6.79. The van der Waals surface area contributed by atoms with Crippen molar-refractivity contribution in [1.82, 2.24) is 25.0 Å². The first kappa shape index (κ1) is 37.7. The number of phenols is 1. The Bertz CT molecular complexity index is 1430. The van der Waals surface area contributed by atoms with Crippen molar-refractivity contribution in [3.63, 3.8) is 0 Å². The van der Waals surface area contributed by atoms with Crippen molar-refractivity contribution < 1.29 is 34.8 Å². The number of fused-ring (bicyclic) bond motifs is 1. The summed E-state index contributed by atoms with van der Waals surface area (Å²) < 4.78 is 0. The number of carbonyl (C=O) groups is 3. The average Bonchev–Trinajstić information content (AvgIpc) is 2.93. The molecule has 47 heavy (non-hydrogen) atoms. The van der Waals surface area contributed by atoms with E-state index in [1.807, 2.05) is 68.4 Å². The fraction of sp³-hybridized carbons (Fsp3) is 0.657. The van der Waals surface area contributed by atoms with Crippen LogP contribution in [0.2, 0.25) is 0 Å². The zero-order chi connectivity index (χ0) is 35.6. The SMILES string of the molecule is CC(C)(C)C1(Cc2ccc(O)c3ncccc23)N(C(=O)O)CCCNCCN(C(=O)O)CCCN(C(=O)O)C1(C(C)(C)C)C(C)(C)C. The molecule has 1 unspecified atom stereocenters. The molecule has 1 atom stereocenters. The number of nitrogens with one attached hydrogen (secondary N) is 1. The highest BCUT2D eigenvalue weighted by Gasteiger charge is 2.73. The van der Waals surface area contributed by atoms with Crippen LogP contribution in [0.15, 0.2) is 30.5 Å². The number of pyridine rings is 1. The molecule has 0 radical (unpaired) electrons. The summed E-state index contributed by atoms with van der Waals surface area (Å²) >= 11 is 0. The predicted molar refractivity (Wildman–Crippen MR) is 182 cm³/mol. The number of aromatic nitrogens is 1. The van der Waals surface area contributed by atoms with Gasteiger partial charge in [-0.2, -0.15) is 0 Å². The highest BCUT2D eigenvalue weighted by molar-refractivity contribution is 5.87. The molecule has 3 amide bonds. The second-order valence-electron chi connectivity index (χ2n) is 15.7. The predicted octanol–water partition coefficient (Wildman–Crippen LogP) is 6.42. The van der Waals surface area contributed by atoms with Crippen molar-refractivity contribution in [2.24, 2.45) is 16.2 Å². The van der Waals surface area contributed by atoms with Gasteiger partial charge in [-0.3, -0.25) is 14.8 Å². The van der Waals surface area contributed by atoms with Crippen molar-refractivity contribution in [3.8, 4) is 5.75 Å². The maximum Gasteiger partial charge on any atom is 0.407 e. The summed E-state index contributed by atoms with van der Waals surface area (Å²) in [5.41, 5.74) is -4.39. The third-order valence-electron chi connectivity index (χ3n) is 10.00. The molecule has 1 fully saturated rings. The summed E-state index contributed by atoms with van der Waals surface area (Å²) in [6.45, 7) is 19.0. The Hall–Kier alpha value is -3.80. The van der Waals surface area contributed by atoms with Gasteiger partial charge in [0.2, 0.25) is 0 Å². The van der Waals surface area contributed by atoms with Gasteiger partial charge in [-0.25, -0.2) is 14.4 Å². The second-order valence-corrected chi connectivity index (χ2v) is 15.7. The first-order valence-electron chi connectivity index (χ1n) is 16.4. The van der Waals surface area contributed by atoms with E-state index in [1.165, 1.54) is 14.7 Å². The van der Waals surface area contributed by atoms with E-state index < -0.39 is 45.6 Å². The number of rotatable bonds is 2. The van der Waals surface area contributed by atoms with E-state index in [4.69, 9.17) is 0 Å². The van der Waals surface area contributed by atoms with Gasteiger partial charge in [0.1, 0.15) is 11.3 Å². The normalized spacial score (nSPS) is 20.9. The monoisotopic (exact) mass is 657 g/mol. The zero-order valence-electron chi connectivity index (χ0n) is 29.6. The molecule has 0 bridgehead atoms. The molecule has 1 aliphatic rings. The largest absolute Gasteiger partial charge is 0.506 e. The molecule has 262 valence electrons. The number of hydrogen-bond donors (Lipinski definition) is 5. The van der Waals surface area contributed by atoms with E-state index in [-0.39, 0.29) is 44.8 Å². The van der Waals surface area contributed by atoms with Crippen LogP contribution < -0.4 is 5.32 Å². The number of amides is 3. The Morgan fingerprint density at radius 3 is 1.89 bits per heavy atom. The Balaban J connectivity index is 2.60.